The van der Waals surface area contributed by atoms with Crippen LogP contribution in [-0.2, 0) is 0 Å². The average molecular weight is 335 g/mol. The third kappa shape index (κ3) is 3.63. The van der Waals surface area contributed by atoms with Gasteiger partial charge in [-0.25, -0.2) is 0 Å². The summed E-state index contributed by atoms with van der Waals surface area (Å²) < 4.78 is 2.06. The summed E-state index contributed by atoms with van der Waals surface area (Å²) in [5.41, 5.74) is 3.21. The lowest BCUT2D eigenvalue weighted by atomic mass is 10.2. The Hall–Kier alpha value is -2.65. The molecule has 6 heteroatoms. The lowest BCUT2D eigenvalue weighted by Crippen LogP contribution is -2.00. The number of aromatic nitrogens is 4. The van der Waals surface area contributed by atoms with Crippen molar-refractivity contribution in [1.29, 1.82) is 5.26 Å². The van der Waals surface area contributed by atoms with Crippen molar-refractivity contribution in [2.45, 2.75) is 24.9 Å². The van der Waals surface area contributed by atoms with Crippen LogP contribution in [0.25, 0.3) is 17.1 Å². The Labute approximate surface area is 145 Å². The van der Waals surface area contributed by atoms with E-state index in [1.807, 2.05) is 12.1 Å². The van der Waals surface area contributed by atoms with Crippen LogP contribution in [0, 0.1) is 18.3 Å². The zero-order valence-corrected chi connectivity index (χ0v) is 14.2. The lowest BCUT2D eigenvalue weighted by molar-refractivity contribution is 0.879. The van der Waals surface area contributed by atoms with E-state index < -0.39 is 0 Å². The quantitative estimate of drug-likeness (QED) is 0.502. The van der Waals surface area contributed by atoms with Gasteiger partial charge in [-0.15, -0.1) is 10.2 Å². The number of nitrogens with zero attached hydrogens (tertiary/aromatic N) is 5. The van der Waals surface area contributed by atoms with Crippen LogP contribution in [0.2, 0.25) is 0 Å². The van der Waals surface area contributed by atoms with Crippen molar-refractivity contribution in [2.24, 2.45) is 0 Å². The Kier molecular flexibility index (Phi) is 5.24. The summed E-state index contributed by atoms with van der Waals surface area (Å²) in [7, 11) is 0. The number of thioether (sulfide) groups is 1. The van der Waals surface area contributed by atoms with E-state index in [-0.39, 0.29) is 0 Å². The summed E-state index contributed by atoms with van der Waals surface area (Å²) in [5.74, 6) is 1.64. The molecule has 0 saturated heterocycles. The van der Waals surface area contributed by atoms with E-state index in [9.17, 15) is 0 Å². The van der Waals surface area contributed by atoms with E-state index in [0.717, 1.165) is 34.4 Å². The molecule has 0 bridgehead atoms. The minimum atomic E-state index is 0.558. The molecule has 0 N–H and O–H groups in total. The van der Waals surface area contributed by atoms with Gasteiger partial charge in [0.1, 0.15) is 0 Å². The Morgan fingerprint density at radius 3 is 2.54 bits per heavy atom. The predicted octanol–water partition coefficient (Wildman–Crippen LogP) is 4.03. The molecule has 120 valence electrons. The minimum Gasteiger partial charge on any atom is -0.270 e. The molecule has 0 aliphatic rings. The SMILES string of the molecule is Cc1ccc(-n2c(SCCCC#N)nnc2-c2ccncc2)cc1. The van der Waals surface area contributed by atoms with Gasteiger partial charge in [0.15, 0.2) is 11.0 Å². The maximum absolute atomic E-state index is 8.68. The van der Waals surface area contributed by atoms with Crippen molar-refractivity contribution >= 4 is 11.8 Å². The largest absolute Gasteiger partial charge is 0.270 e. The van der Waals surface area contributed by atoms with E-state index in [0.29, 0.717) is 6.42 Å². The zero-order chi connectivity index (χ0) is 16.8. The second kappa shape index (κ2) is 7.75. The van der Waals surface area contributed by atoms with Crippen LogP contribution in [0.1, 0.15) is 18.4 Å². The first kappa shape index (κ1) is 16.2. The Morgan fingerprint density at radius 1 is 1.08 bits per heavy atom. The standard InChI is InChI=1S/C18H17N5S/c1-14-4-6-16(7-5-14)23-17(15-8-11-20-12-9-15)21-22-18(23)24-13-3-2-10-19/h4-9,11-12H,2-3,13H2,1H3. The first-order valence-corrected chi connectivity index (χ1v) is 8.71. The molecule has 24 heavy (non-hydrogen) atoms. The number of pyridine rings is 1. The molecule has 0 spiro atoms. The topological polar surface area (TPSA) is 67.4 Å². The molecule has 2 heterocycles. The van der Waals surface area contributed by atoms with Crippen LogP contribution in [-0.4, -0.2) is 25.5 Å². The van der Waals surface area contributed by atoms with E-state index in [4.69, 9.17) is 5.26 Å². The maximum atomic E-state index is 8.68. The highest BCUT2D eigenvalue weighted by molar-refractivity contribution is 7.99. The van der Waals surface area contributed by atoms with Gasteiger partial charge in [0.05, 0.1) is 6.07 Å². The van der Waals surface area contributed by atoms with Crippen molar-refractivity contribution in [2.75, 3.05) is 5.75 Å². The third-order valence-corrected chi connectivity index (χ3v) is 4.54. The molecule has 3 rings (SSSR count). The van der Waals surface area contributed by atoms with Crippen molar-refractivity contribution < 1.29 is 0 Å². The lowest BCUT2D eigenvalue weighted by Gasteiger charge is -2.10. The van der Waals surface area contributed by atoms with E-state index in [1.165, 1.54) is 5.56 Å². The first-order chi connectivity index (χ1) is 11.8. The van der Waals surface area contributed by atoms with E-state index in [2.05, 4.69) is 57.0 Å². The van der Waals surface area contributed by atoms with Crippen molar-refractivity contribution in [3.05, 3.63) is 54.4 Å². The van der Waals surface area contributed by atoms with Gasteiger partial charge >= 0.3 is 0 Å². The molecule has 0 radical (unpaired) electrons. The molecular formula is C18H17N5S. The van der Waals surface area contributed by atoms with E-state index in [1.54, 1.807) is 24.2 Å². The van der Waals surface area contributed by atoms with Gasteiger partial charge in [0.25, 0.3) is 0 Å². The monoisotopic (exact) mass is 335 g/mol. The molecule has 5 nitrogen and oxygen atoms in total. The van der Waals surface area contributed by atoms with Gasteiger partial charge < -0.3 is 0 Å². The second-order valence-electron chi connectivity index (χ2n) is 5.32. The summed E-state index contributed by atoms with van der Waals surface area (Å²) >= 11 is 1.62. The highest BCUT2D eigenvalue weighted by Gasteiger charge is 2.15. The van der Waals surface area contributed by atoms with Crippen molar-refractivity contribution in [3.8, 4) is 23.1 Å². The van der Waals surface area contributed by atoms with Crippen LogP contribution in [0.3, 0.4) is 0 Å². The van der Waals surface area contributed by atoms with Crippen LogP contribution in [0.5, 0.6) is 0 Å². The molecule has 0 unspecified atom stereocenters. The van der Waals surface area contributed by atoms with Crippen LogP contribution < -0.4 is 0 Å². The summed E-state index contributed by atoms with van der Waals surface area (Å²) in [6, 6.07) is 14.3. The van der Waals surface area contributed by atoms with Gasteiger partial charge in [-0.3, -0.25) is 9.55 Å². The van der Waals surface area contributed by atoms with Crippen LogP contribution in [0.15, 0.2) is 53.9 Å². The predicted molar refractivity (Wildman–Crippen MR) is 94.9 cm³/mol. The minimum absolute atomic E-state index is 0.558. The number of benzene rings is 1. The molecule has 2 aromatic heterocycles. The first-order valence-electron chi connectivity index (χ1n) is 7.72. The number of rotatable bonds is 6. The molecule has 0 aliphatic carbocycles. The van der Waals surface area contributed by atoms with Crippen LogP contribution >= 0.6 is 11.8 Å². The molecule has 0 saturated carbocycles. The molecule has 0 amide bonds. The fourth-order valence-corrected chi connectivity index (χ4v) is 3.18. The molecule has 3 aromatic rings. The zero-order valence-electron chi connectivity index (χ0n) is 13.4. The van der Waals surface area contributed by atoms with Crippen LogP contribution in [0.4, 0.5) is 0 Å². The number of aryl methyl sites for hydroxylation is 1. The highest BCUT2D eigenvalue weighted by atomic mass is 32.2. The van der Waals surface area contributed by atoms with Gasteiger partial charge in [-0.2, -0.15) is 5.26 Å². The number of hydrogen-bond donors (Lipinski definition) is 0. The van der Waals surface area contributed by atoms with Gasteiger partial charge in [-0.1, -0.05) is 29.5 Å². The summed E-state index contributed by atoms with van der Waals surface area (Å²) in [4.78, 5) is 4.07. The summed E-state index contributed by atoms with van der Waals surface area (Å²) in [6.45, 7) is 2.07. The molecule has 0 fully saturated rings. The highest BCUT2D eigenvalue weighted by Crippen LogP contribution is 2.28. The third-order valence-electron chi connectivity index (χ3n) is 3.53. The number of nitriles is 1. The Bertz CT molecular complexity index is 834. The van der Waals surface area contributed by atoms with Gasteiger partial charge in [0, 0.05) is 35.8 Å². The van der Waals surface area contributed by atoms with Crippen molar-refractivity contribution in [3.63, 3.8) is 0 Å². The smallest absolute Gasteiger partial charge is 0.196 e. The fraction of sp³-hybridized carbons (Fsp3) is 0.222. The summed E-state index contributed by atoms with van der Waals surface area (Å²) in [5, 5.41) is 18.3. The Balaban J connectivity index is 1.99. The average Bonchev–Trinajstić information content (AvgIpc) is 3.04. The van der Waals surface area contributed by atoms with E-state index >= 15 is 0 Å². The molecule has 0 aliphatic heterocycles. The molecule has 0 atom stereocenters. The second-order valence-corrected chi connectivity index (χ2v) is 6.39. The molecule has 1 aromatic carbocycles. The van der Waals surface area contributed by atoms with Gasteiger partial charge in [0.2, 0.25) is 0 Å². The Morgan fingerprint density at radius 2 is 1.83 bits per heavy atom. The fourth-order valence-electron chi connectivity index (χ4n) is 2.29. The van der Waals surface area contributed by atoms with Gasteiger partial charge in [-0.05, 0) is 37.6 Å². The number of unbranched alkanes of at least 4 members (excludes halogenated alkanes) is 1. The summed E-state index contributed by atoms with van der Waals surface area (Å²) in [6.07, 6.45) is 4.90. The number of hydrogen-bond acceptors (Lipinski definition) is 5. The van der Waals surface area contributed by atoms with Crippen molar-refractivity contribution in [1.82, 2.24) is 19.7 Å². The molecular weight excluding hydrogens is 318 g/mol. The maximum Gasteiger partial charge on any atom is 0.196 e. The normalized spacial score (nSPS) is 10.5.